The number of amides is 2. The van der Waals surface area contributed by atoms with Crippen LogP contribution < -0.4 is 20.3 Å². The third kappa shape index (κ3) is 16.3. The molecule has 2 amide bonds. The Kier molecular flexibility index (Phi) is 16.6. The first kappa shape index (κ1) is 45.4. The van der Waals surface area contributed by atoms with Crippen molar-refractivity contribution in [3.63, 3.8) is 0 Å². The van der Waals surface area contributed by atoms with Crippen molar-refractivity contribution in [3.8, 4) is 11.5 Å². The molecule has 56 heavy (non-hydrogen) atoms. The molecular weight excluding hydrogens is 765 g/mol. The number of carbonyl (C=O) groups is 2. The highest BCUT2D eigenvalue weighted by Crippen LogP contribution is 2.26. The van der Waals surface area contributed by atoms with E-state index in [1.165, 1.54) is 37.8 Å². The van der Waals surface area contributed by atoms with Crippen LogP contribution in [0.2, 0.25) is 77.6 Å². The Bertz CT molecular complexity index is 1770. The molecular formula is C44H68N2O6Si4. The molecule has 0 aromatic heterocycles. The number of rotatable bonds is 22. The van der Waals surface area contributed by atoms with Gasteiger partial charge in [0.15, 0.2) is 33.3 Å². The lowest BCUT2D eigenvalue weighted by atomic mass is 10.1. The van der Waals surface area contributed by atoms with Gasteiger partial charge in [0.05, 0.1) is 13.2 Å². The average Bonchev–Trinajstić information content (AvgIpc) is 3.10. The third-order valence-electron chi connectivity index (χ3n) is 9.49. The first-order valence-corrected chi connectivity index (χ1v) is 33.7. The van der Waals surface area contributed by atoms with Crippen molar-refractivity contribution in [1.29, 1.82) is 0 Å². The second-order valence-electron chi connectivity index (χ2n) is 18.3. The average molecular weight is 833 g/mol. The van der Waals surface area contributed by atoms with Crippen molar-refractivity contribution in [2.75, 3.05) is 13.2 Å². The Labute approximate surface area is 340 Å². The number of benzene rings is 4. The quantitative estimate of drug-likeness (QED) is 0.0465. The van der Waals surface area contributed by atoms with E-state index in [1.54, 1.807) is 12.1 Å². The summed E-state index contributed by atoms with van der Waals surface area (Å²) in [5, 5.41) is 3.82. The molecule has 0 fully saturated rings. The summed E-state index contributed by atoms with van der Waals surface area (Å²) in [7, 11) is -6.07. The summed E-state index contributed by atoms with van der Waals surface area (Å²) in [4.78, 5) is 26.0. The standard InChI is InChI=1S/C44H68N2O6Si4/c1-53(2,3)51-55(7,8)29-17-13-11-15-27-49-41-25-23-35-31-39(21-19-37(35)33-41)43(47)45-46-44(48)40-22-20-38-34-42(26-24-36(38)32-40)50-28-16-12-14-18-30-56(9,10)52-54(4,5)6/h19-26,31-34H,11-18,27-30H2,1-10H3,(H,45,47)(H,46,48). The monoisotopic (exact) mass is 832 g/mol. The lowest BCUT2D eigenvalue weighted by Gasteiger charge is -2.31. The molecule has 4 aromatic rings. The topological polar surface area (TPSA) is 95.1 Å². The normalized spacial score (nSPS) is 12.5. The molecule has 0 radical (unpaired) electrons. The van der Waals surface area contributed by atoms with Crippen LogP contribution >= 0.6 is 0 Å². The number of hydrogen-bond acceptors (Lipinski definition) is 6. The van der Waals surface area contributed by atoms with Gasteiger partial charge in [0.1, 0.15) is 11.5 Å². The van der Waals surface area contributed by atoms with Crippen LogP contribution in [0.5, 0.6) is 11.5 Å². The fraction of sp³-hybridized carbons (Fsp3) is 0.500. The predicted octanol–water partition coefficient (Wildman–Crippen LogP) is 12.1. The van der Waals surface area contributed by atoms with Gasteiger partial charge in [0, 0.05) is 11.1 Å². The summed E-state index contributed by atoms with van der Waals surface area (Å²) < 4.78 is 25.0. The van der Waals surface area contributed by atoms with E-state index >= 15 is 0 Å². The largest absolute Gasteiger partial charge is 0.494 e. The maximum Gasteiger partial charge on any atom is 0.269 e. The summed E-state index contributed by atoms with van der Waals surface area (Å²) in [6, 6.07) is 25.2. The van der Waals surface area contributed by atoms with Crippen LogP contribution in [0.1, 0.15) is 72.1 Å². The Balaban J connectivity index is 1.16. The summed E-state index contributed by atoms with van der Waals surface area (Å²) >= 11 is 0. The molecule has 0 bridgehead atoms. The molecule has 0 unspecified atom stereocenters. The molecule has 306 valence electrons. The Morgan fingerprint density at radius 3 is 1.16 bits per heavy atom. The molecule has 4 aromatic carbocycles. The van der Waals surface area contributed by atoms with Gasteiger partial charge in [-0.1, -0.05) is 62.8 Å². The van der Waals surface area contributed by atoms with Crippen LogP contribution in [0.25, 0.3) is 21.5 Å². The summed E-state index contributed by atoms with van der Waals surface area (Å²) in [6.07, 6.45) is 9.17. The van der Waals surface area contributed by atoms with E-state index in [-0.39, 0.29) is 11.8 Å². The zero-order valence-corrected chi connectivity index (χ0v) is 39.9. The van der Waals surface area contributed by atoms with Crippen LogP contribution in [0, 0.1) is 0 Å². The lowest BCUT2D eigenvalue weighted by molar-refractivity contribution is 0.0847. The lowest BCUT2D eigenvalue weighted by Crippen LogP contribution is -2.42. The predicted molar refractivity (Wildman–Crippen MR) is 244 cm³/mol. The molecule has 4 rings (SSSR count). The van der Waals surface area contributed by atoms with E-state index in [2.05, 4.69) is 76.3 Å². The van der Waals surface area contributed by atoms with Crippen LogP contribution in [-0.2, 0) is 8.23 Å². The van der Waals surface area contributed by atoms with Crippen molar-refractivity contribution in [1.82, 2.24) is 10.9 Å². The molecule has 0 spiro atoms. The van der Waals surface area contributed by atoms with E-state index < -0.39 is 33.3 Å². The van der Waals surface area contributed by atoms with Crippen LogP contribution in [0.4, 0.5) is 0 Å². The fourth-order valence-electron chi connectivity index (χ4n) is 7.32. The minimum atomic E-state index is -1.56. The third-order valence-corrected chi connectivity index (χ3v) is 21.9. The number of hydrogen-bond donors (Lipinski definition) is 2. The molecule has 0 aliphatic carbocycles. The molecule has 0 saturated heterocycles. The molecule has 0 saturated carbocycles. The molecule has 12 heteroatoms. The SMILES string of the molecule is C[Si](C)(C)O[Si](C)(C)CCCCCCOc1ccc2cc(C(=O)NNC(=O)c3ccc4cc(OCCCCCC[Si](C)(C)O[Si](C)(C)C)ccc4c3)ccc2c1. The van der Waals surface area contributed by atoms with Gasteiger partial charge in [-0.05, 0) is 160 Å². The summed E-state index contributed by atoms with van der Waals surface area (Å²) in [5.74, 6) is 0.874. The van der Waals surface area contributed by atoms with E-state index in [1.807, 2.05) is 60.7 Å². The van der Waals surface area contributed by atoms with Gasteiger partial charge in [-0.2, -0.15) is 0 Å². The Morgan fingerprint density at radius 1 is 0.446 bits per heavy atom. The molecule has 8 nitrogen and oxygen atoms in total. The second kappa shape index (κ2) is 20.4. The van der Waals surface area contributed by atoms with E-state index in [4.69, 9.17) is 17.7 Å². The van der Waals surface area contributed by atoms with Gasteiger partial charge >= 0.3 is 0 Å². The summed E-state index contributed by atoms with van der Waals surface area (Å²) in [5.41, 5.74) is 6.04. The van der Waals surface area contributed by atoms with Gasteiger partial charge in [0.2, 0.25) is 0 Å². The minimum absolute atomic E-state index is 0.386. The van der Waals surface area contributed by atoms with Gasteiger partial charge in [-0.15, -0.1) is 0 Å². The van der Waals surface area contributed by atoms with Gasteiger partial charge in [-0.25, -0.2) is 0 Å². The van der Waals surface area contributed by atoms with Crippen molar-refractivity contribution in [2.45, 2.75) is 129 Å². The van der Waals surface area contributed by atoms with Crippen molar-refractivity contribution in [2.24, 2.45) is 0 Å². The maximum atomic E-state index is 13.0. The minimum Gasteiger partial charge on any atom is -0.494 e. The van der Waals surface area contributed by atoms with E-state index in [9.17, 15) is 9.59 Å². The smallest absolute Gasteiger partial charge is 0.269 e. The molecule has 0 aliphatic heterocycles. The highest BCUT2D eigenvalue weighted by atomic mass is 28.4. The number of ether oxygens (including phenoxy) is 2. The van der Waals surface area contributed by atoms with Crippen LogP contribution in [-0.4, -0.2) is 58.3 Å². The van der Waals surface area contributed by atoms with Crippen molar-refractivity contribution < 1.29 is 27.3 Å². The number of carbonyl (C=O) groups excluding carboxylic acids is 2. The first-order chi connectivity index (χ1) is 26.3. The zero-order chi connectivity index (χ0) is 41.0. The number of nitrogens with one attached hydrogen (secondary N) is 2. The number of hydrazine groups is 1. The molecule has 2 N–H and O–H groups in total. The van der Waals surface area contributed by atoms with Gasteiger partial charge in [-0.3, -0.25) is 20.4 Å². The fourth-order valence-corrected chi connectivity index (χ4v) is 23.6. The highest BCUT2D eigenvalue weighted by molar-refractivity contribution is 6.84. The summed E-state index contributed by atoms with van der Waals surface area (Å²) in [6.45, 7) is 24.4. The van der Waals surface area contributed by atoms with Gasteiger partial charge < -0.3 is 17.7 Å². The first-order valence-electron chi connectivity index (χ1n) is 20.6. The molecule has 0 atom stereocenters. The Hall–Kier alpha value is -3.27. The van der Waals surface area contributed by atoms with Gasteiger partial charge in [0.25, 0.3) is 11.8 Å². The van der Waals surface area contributed by atoms with Crippen LogP contribution in [0.15, 0.2) is 72.8 Å². The van der Waals surface area contributed by atoms with E-state index in [0.717, 1.165) is 58.7 Å². The number of unbranched alkanes of at least 4 members (excludes halogenated alkanes) is 6. The second-order valence-corrected chi connectivity index (χ2v) is 36.5. The van der Waals surface area contributed by atoms with Crippen molar-refractivity contribution in [3.05, 3.63) is 83.9 Å². The zero-order valence-electron chi connectivity index (χ0n) is 35.9. The molecule has 0 heterocycles. The maximum absolute atomic E-state index is 13.0. The molecule has 0 aliphatic rings. The van der Waals surface area contributed by atoms with Crippen molar-refractivity contribution >= 4 is 66.6 Å². The Morgan fingerprint density at radius 2 is 0.786 bits per heavy atom. The van der Waals surface area contributed by atoms with Crippen LogP contribution in [0.3, 0.4) is 0 Å². The van der Waals surface area contributed by atoms with E-state index in [0.29, 0.717) is 24.3 Å². The highest BCUT2D eigenvalue weighted by Gasteiger charge is 2.29. The number of fused-ring (bicyclic) bond motifs is 2.